The van der Waals surface area contributed by atoms with E-state index in [1.807, 2.05) is 6.92 Å². The Morgan fingerprint density at radius 3 is 2.57 bits per heavy atom. The van der Waals surface area contributed by atoms with Crippen LogP contribution in [0.25, 0.3) is 0 Å². The highest BCUT2D eigenvalue weighted by molar-refractivity contribution is 6.42. The van der Waals surface area contributed by atoms with Crippen LogP contribution in [0.2, 0.25) is 0 Å². The van der Waals surface area contributed by atoms with Crippen molar-refractivity contribution in [3.8, 4) is 0 Å². The summed E-state index contributed by atoms with van der Waals surface area (Å²) in [5, 5.41) is 7.92. The van der Waals surface area contributed by atoms with Crippen molar-refractivity contribution >= 4 is 23.3 Å². The van der Waals surface area contributed by atoms with Crippen molar-refractivity contribution in [3.05, 3.63) is 22.8 Å². The fourth-order valence-electron chi connectivity index (χ4n) is 0.796. The van der Waals surface area contributed by atoms with Crippen LogP contribution in [-0.4, -0.2) is 18.8 Å². The summed E-state index contributed by atoms with van der Waals surface area (Å²) in [4.78, 5) is 10.9. The van der Waals surface area contributed by atoms with Gasteiger partial charge in [0.15, 0.2) is 0 Å². The molecule has 3 nitrogen and oxygen atoms in total. The van der Waals surface area contributed by atoms with Crippen LogP contribution in [0.15, 0.2) is 22.8 Å². The van der Waals surface area contributed by atoms with Crippen molar-refractivity contribution in [2.75, 3.05) is 7.11 Å². The molecule has 0 aliphatic heterocycles. The molecule has 0 fully saturated rings. The summed E-state index contributed by atoms with van der Waals surface area (Å²) in [5.74, 6) is -0.653. The molecule has 0 bridgehead atoms. The normalized spacial score (nSPS) is 12.6. The summed E-state index contributed by atoms with van der Waals surface area (Å²) in [7, 11) is 1.24. The van der Waals surface area contributed by atoms with E-state index < -0.39 is 5.97 Å². The first-order valence-electron chi connectivity index (χ1n) is 4.24. The molecule has 78 valence electrons. The van der Waals surface area contributed by atoms with E-state index in [0.29, 0.717) is 10.6 Å². The van der Waals surface area contributed by atoms with Crippen LogP contribution < -0.4 is 0 Å². The molecule has 0 heterocycles. The molecule has 0 radical (unpaired) electrons. The second-order valence-electron chi connectivity index (χ2n) is 2.69. The van der Waals surface area contributed by atoms with E-state index in [-0.39, 0.29) is 5.71 Å². The van der Waals surface area contributed by atoms with Gasteiger partial charge in [0.25, 0.3) is 0 Å². The number of rotatable bonds is 4. The van der Waals surface area contributed by atoms with Crippen molar-refractivity contribution < 1.29 is 9.53 Å². The monoisotopic (exact) mass is 215 g/mol. The topological polar surface area (TPSA) is 50.2 Å². The molecule has 0 aromatic carbocycles. The molecule has 0 aromatic rings. The summed E-state index contributed by atoms with van der Waals surface area (Å²) in [5.41, 5.74) is 0.321. The average Bonchev–Trinajstić information content (AvgIpc) is 2.15. The molecule has 0 saturated carbocycles. The Balaban J connectivity index is 4.61. The molecule has 0 amide bonds. The Kier molecular flexibility index (Phi) is 5.88. The molecule has 0 saturated heterocycles. The minimum absolute atomic E-state index is 0.171. The van der Waals surface area contributed by atoms with Gasteiger partial charge in [-0.05, 0) is 25.0 Å². The molecule has 4 heteroatoms. The van der Waals surface area contributed by atoms with Gasteiger partial charge >= 0.3 is 5.97 Å². The molecule has 14 heavy (non-hydrogen) atoms. The molecule has 0 unspecified atom stereocenters. The lowest BCUT2D eigenvalue weighted by Gasteiger charge is -2.01. The van der Waals surface area contributed by atoms with Crippen molar-refractivity contribution in [2.24, 2.45) is 0 Å². The van der Waals surface area contributed by atoms with Gasteiger partial charge in [0.1, 0.15) is 5.71 Å². The van der Waals surface area contributed by atoms with Crippen molar-refractivity contribution in [1.29, 1.82) is 5.41 Å². The Morgan fingerprint density at radius 2 is 2.14 bits per heavy atom. The summed E-state index contributed by atoms with van der Waals surface area (Å²) in [6, 6.07) is 0. The van der Waals surface area contributed by atoms with Crippen LogP contribution in [0, 0.1) is 5.41 Å². The third kappa shape index (κ3) is 4.23. The van der Waals surface area contributed by atoms with Gasteiger partial charge in [-0.15, -0.1) is 0 Å². The maximum absolute atomic E-state index is 10.9. The lowest BCUT2D eigenvalue weighted by molar-refractivity contribution is -0.132. The minimum atomic E-state index is -0.653. The molecule has 0 spiro atoms. The first-order chi connectivity index (χ1) is 6.52. The average molecular weight is 216 g/mol. The van der Waals surface area contributed by atoms with Crippen molar-refractivity contribution in [3.63, 3.8) is 0 Å². The maximum atomic E-state index is 10.9. The molecule has 0 aliphatic rings. The number of nitrogens with one attached hydrogen (secondary N) is 1. The third-order valence-electron chi connectivity index (χ3n) is 1.54. The molecule has 0 aliphatic carbocycles. The van der Waals surface area contributed by atoms with E-state index in [9.17, 15) is 4.79 Å². The first kappa shape index (κ1) is 12.9. The number of esters is 1. The Morgan fingerprint density at radius 1 is 1.57 bits per heavy atom. The quantitative estimate of drug-likeness (QED) is 0.445. The zero-order valence-electron chi connectivity index (χ0n) is 8.56. The van der Waals surface area contributed by atoms with E-state index in [0.717, 1.165) is 6.42 Å². The molecule has 0 rings (SSSR count). The Hall–Kier alpha value is -1.09. The smallest absolute Gasteiger partial charge is 0.356 e. The number of methoxy groups -OCH3 is 1. The summed E-state index contributed by atoms with van der Waals surface area (Å²) >= 11 is 5.80. The molecular formula is C10H14ClNO2. The van der Waals surface area contributed by atoms with Gasteiger partial charge in [0.05, 0.1) is 7.11 Å². The predicted octanol–water partition coefficient (Wildman–Crippen LogP) is 2.66. The van der Waals surface area contributed by atoms with E-state index in [2.05, 4.69) is 4.74 Å². The van der Waals surface area contributed by atoms with Gasteiger partial charge in [-0.3, -0.25) is 5.41 Å². The van der Waals surface area contributed by atoms with Crippen molar-refractivity contribution in [1.82, 2.24) is 0 Å². The largest absolute Gasteiger partial charge is 0.464 e. The van der Waals surface area contributed by atoms with E-state index in [1.165, 1.54) is 7.11 Å². The second kappa shape index (κ2) is 6.38. The molecule has 1 N–H and O–H groups in total. The zero-order valence-corrected chi connectivity index (χ0v) is 9.31. The Labute approximate surface area is 88.9 Å². The van der Waals surface area contributed by atoms with Crippen molar-refractivity contribution in [2.45, 2.75) is 20.3 Å². The van der Waals surface area contributed by atoms with Crippen LogP contribution in [-0.2, 0) is 9.53 Å². The summed E-state index contributed by atoms with van der Waals surface area (Å²) < 4.78 is 4.41. The van der Waals surface area contributed by atoms with E-state index >= 15 is 0 Å². The van der Waals surface area contributed by atoms with Crippen LogP contribution >= 0.6 is 11.6 Å². The SMILES string of the molecule is CC/C=C(Cl)/C=C(/C)C(=N)C(=O)OC. The maximum Gasteiger partial charge on any atom is 0.356 e. The first-order valence-corrected chi connectivity index (χ1v) is 4.61. The molecule has 0 aromatic heterocycles. The van der Waals surface area contributed by atoms with Gasteiger partial charge in [0.2, 0.25) is 0 Å². The highest BCUT2D eigenvalue weighted by atomic mass is 35.5. The predicted molar refractivity (Wildman–Crippen MR) is 57.7 cm³/mol. The number of carbonyl (C=O) groups is 1. The highest BCUT2D eigenvalue weighted by Gasteiger charge is 2.10. The second-order valence-corrected chi connectivity index (χ2v) is 3.13. The van der Waals surface area contributed by atoms with Gasteiger partial charge in [-0.25, -0.2) is 4.79 Å². The van der Waals surface area contributed by atoms with Gasteiger partial charge < -0.3 is 4.74 Å². The fraction of sp³-hybridized carbons (Fsp3) is 0.400. The number of hydrogen-bond donors (Lipinski definition) is 1. The zero-order chi connectivity index (χ0) is 11.1. The lowest BCUT2D eigenvalue weighted by Crippen LogP contribution is -2.15. The van der Waals surface area contributed by atoms with Gasteiger partial charge in [0, 0.05) is 5.03 Å². The van der Waals surface area contributed by atoms with Gasteiger partial charge in [-0.2, -0.15) is 0 Å². The minimum Gasteiger partial charge on any atom is -0.464 e. The van der Waals surface area contributed by atoms with Crippen LogP contribution in [0.3, 0.4) is 0 Å². The summed E-state index contributed by atoms with van der Waals surface area (Å²) in [6.07, 6.45) is 4.19. The number of hydrogen-bond acceptors (Lipinski definition) is 3. The number of ether oxygens (including phenoxy) is 1. The Bertz CT molecular complexity index is 292. The lowest BCUT2D eigenvalue weighted by atomic mass is 10.1. The standard InChI is InChI=1S/C10H14ClNO2/c1-4-5-8(11)6-7(2)9(12)10(13)14-3/h5-6,12H,4H2,1-3H3/b7-6-,8-5-,12-9?. The van der Waals surface area contributed by atoms with Crippen LogP contribution in [0.4, 0.5) is 0 Å². The van der Waals surface area contributed by atoms with E-state index in [4.69, 9.17) is 17.0 Å². The van der Waals surface area contributed by atoms with Crippen LogP contribution in [0.1, 0.15) is 20.3 Å². The molecule has 0 atom stereocenters. The molecular weight excluding hydrogens is 202 g/mol. The fourth-order valence-corrected chi connectivity index (χ4v) is 1.11. The van der Waals surface area contributed by atoms with E-state index in [1.54, 1.807) is 19.1 Å². The highest BCUT2D eigenvalue weighted by Crippen LogP contribution is 2.09. The van der Waals surface area contributed by atoms with Gasteiger partial charge in [-0.1, -0.05) is 24.6 Å². The number of allylic oxidation sites excluding steroid dienone is 3. The third-order valence-corrected chi connectivity index (χ3v) is 1.80. The summed E-state index contributed by atoms with van der Waals surface area (Å²) in [6.45, 7) is 3.60. The number of halogens is 1. The number of carbonyl (C=O) groups excluding carboxylic acids is 1. The van der Waals surface area contributed by atoms with Crippen LogP contribution in [0.5, 0.6) is 0 Å².